The predicted molar refractivity (Wildman–Crippen MR) is 109 cm³/mol. The lowest BCUT2D eigenvalue weighted by molar-refractivity contribution is -0.137. The summed E-state index contributed by atoms with van der Waals surface area (Å²) in [4.78, 5) is 0. The van der Waals surface area contributed by atoms with Gasteiger partial charge in [-0.25, -0.2) is 0 Å². The van der Waals surface area contributed by atoms with E-state index in [1.165, 1.54) is 17.7 Å². The van der Waals surface area contributed by atoms with Gasteiger partial charge in [-0.3, -0.25) is 0 Å². The summed E-state index contributed by atoms with van der Waals surface area (Å²) < 4.78 is 39.1. The summed E-state index contributed by atoms with van der Waals surface area (Å²) in [6.45, 7) is 8.18. The molecule has 0 heterocycles. The predicted octanol–water partition coefficient (Wildman–Crippen LogP) is 6.66. The van der Waals surface area contributed by atoms with Crippen molar-refractivity contribution < 1.29 is 13.2 Å². The number of hydrogen-bond acceptors (Lipinski definition) is 1. The normalized spacial score (nSPS) is 12.8. The molecular formula is C20H22ClF3N2S. The molecule has 0 aliphatic rings. The SMILES string of the molecule is Cc1ccc(C(NC(=S)Nc2ccc(Cl)c(C(F)(F)F)c2)C(C)C)c(C)c1. The maximum absolute atomic E-state index is 13.0. The zero-order valence-corrected chi connectivity index (χ0v) is 17.1. The van der Waals surface area contributed by atoms with Crippen molar-refractivity contribution in [3.05, 3.63) is 63.7 Å². The second-order valence-electron chi connectivity index (χ2n) is 6.87. The number of hydrogen-bond donors (Lipinski definition) is 2. The summed E-state index contributed by atoms with van der Waals surface area (Å²) in [5.41, 5.74) is 2.74. The summed E-state index contributed by atoms with van der Waals surface area (Å²) in [6, 6.07) is 9.74. The standard InChI is InChI=1S/C20H22ClF3N2S/c1-11(2)18(15-7-5-12(3)9-13(15)4)26-19(27)25-14-6-8-17(21)16(10-14)20(22,23)24/h5-11,18H,1-4H3,(H2,25,26,27). The van der Waals surface area contributed by atoms with E-state index < -0.39 is 11.7 Å². The molecule has 0 saturated heterocycles. The molecule has 0 spiro atoms. The molecule has 0 radical (unpaired) electrons. The monoisotopic (exact) mass is 414 g/mol. The molecule has 27 heavy (non-hydrogen) atoms. The van der Waals surface area contributed by atoms with Gasteiger partial charge in [-0.1, -0.05) is 49.2 Å². The van der Waals surface area contributed by atoms with Gasteiger partial charge < -0.3 is 10.6 Å². The lowest BCUT2D eigenvalue weighted by Gasteiger charge is -2.26. The van der Waals surface area contributed by atoms with Gasteiger partial charge in [0.2, 0.25) is 0 Å². The topological polar surface area (TPSA) is 24.1 Å². The Bertz CT molecular complexity index is 834. The number of rotatable bonds is 4. The minimum Gasteiger partial charge on any atom is -0.355 e. The first kappa shape index (κ1) is 21.5. The van der Waals surface area contributed by atoms with E-state index in [9.17, 15) is 13.2 Å². The quantitative estimate of drug-likeness (QED) is 0.547. The van der Waals surface area contributed by atoms with Gasteiger partial charge in [0.1, 0.15) is 0 Å². The molecule has 1 unspecified atom stereocenters. The fraction of sp³-hybridized carbons (Fsp3) is 0.350. The highest BCUT2D eigenvalue weighted by atomic mass is 35.5. The Kier molecular flexibility index (Phi) is 6.76. The van der Waals surface area contributed by atoms with Gasteiger partial charge in [-0.05, 0) is 61.3 Å². The van der Waals surface area contributed by atoms with Gasteiger partial charge >= 0.3 is 6.18 Å². The number of thiocarbonyl (C=S) groups is 1. The van der Waals surface area contributed by atoms with Crippen LogP contribution in [0.4, 0.5) is 18.9 Å². The smallest absolute Gasteiger partial charge is 0.355 e. The Morgan fingerprint density at radius 2 is 1.74 bits per heavy atom. The summed E-state index contributed by atoms with van der Waals surface area (Å²) in [5.74, 6) is 0.224. The second-order valence-corrected chi connectivity index (χ2v) is 7.69. The fourth-order valence-corrected chi connectivity index (χ4v) is 3.38. The Morgan fingerprint density at radius 1 is 1.07 bits per heavy atom. The van der Waals surface area contributed by atoms with Crippen molar-refractivity contribution in [3.63, 3.8) is 0 Å². The molecule has 2 rings (SSSR count). The third-order valence-electron chi connectivity index (χ3n) is 4.24. The molecule has 0 aliphatic heterocycles. The second kappa shape index (κ2) is 8.48. The van der Waals surface area contributed by atoms with Crippen molar-refractivity contribution in [1.82, 2.24) is 5.32 Å². The summed E-state index contributed by atoms with van der Waals surface area (Å²) in [5, 5.41) is 5.96. The number of benzene rings is 2. The highest BCUT2D eigenvalue weighted by Gasteiger charge is 2.33. The van der Waals surface area contributed by atoms with E-state index in [0.29, 0.717) is 0 Å². The molecule has 2 nitrogen and oxygen atoms in total. The average molecular weight is 415 g/mol. The van der Waals surface area contributed by atoms with Crippen LogP contribution in [0.1, 0.15) is 42.1 Å². The van der Waals surface area contributed by atoms with Gasteiger partial charge in [0.25, 0.3) is 0 Å². The maximum Gasteiger partial charge on any atom is 0.417 e. The fourth-order valence-electron chi connectivity index (χ4n) is 2.91. The molecular weight excluding hydrogens is 393 g/mol. The first-order chi connectivity index (χ1) is 12.5. The Morgan fingerprint density at radius 3 is 2.30 bits per heavy atom. The van der Waals surface area contributed by atoms with Crippen molar-refractivity contribution in [2.24, 2.45) is 5.92 Å². The third-order valence-corrected chi connectivity index (χ3v) is 4.79. The lowest BCUT2D eigenvalue weighted by Crippen LogP contribution is -2.35. The van der Waals surface area contributed by atoms with Gasteiger partial charge in [0, 0.05) is 5.69 Å². The van der Waals surface area contributed by atoms with Crippen LogP contribution in [0.15, 0.2) is 36.4 Å². The van der Waals surface area contributed by atoms with Crippen LogP contribution in [-0.4, -0.2) is 5.11 Å². The average Bonchev–Trinajstić information content (AvgIpc) is 2.54. The zero-order chi connectivity index (χ0) is 20.4. The minimum absolute atomic E-state index is 0.0695. The number of alkyl halides is 3. The molecule has 146 valence electrons. The van der Waals surface area contributed by atoms with E-state index in [2.05, 4.69) is 36.6 Å². The molecule has 1 atom stereocenters. The van der Waals surface area contributed by atoms with Crippen molar-refractivity contribution in [2.75, 3.05) is 5.32 Å². The Labute approximate surface area is 168 Å². The van der Waals surface area contributed by atoms with Gasteiger partial charge in [0.15, 0.2) is 5.11 Å². The molecule has 0 bridgehead atoms. The number of halogens is 4. The van der Waals surface area contributed by atoms with Crippen molar-refractivity contribution in [1.29, 1.82) is 0 Å². The van der Waals surface area contributed by atoms with Crippen LogP contribution in [0.5, 0.6) is 0 Å². The largest absolute Gasteiger partial charge is 0.417 e. The molecule has 2 N–H and O–H groups in total. The molecule has 2 aromatic rings. The third kappa shape index (κ3) is 5.59. The van der Waals surface area contributed by atoms with Crippen molar-refractivity contribution in [3.8, 4) is 0 Å². The maximum atomic E-state index is 13.0. The lowest BCUT2D eigenvalue weighted by atomic mass is 9.92. The molecule has 7 heteroatoms. The highest BCUT2D eigenvalue weighted by Crippen LogP contribution is 2.36. The van der Waals surface area contributed by atoms with E-state index >= 15 is 0 Å². The first-order valence-corrected chi connectivity index (χ1v) is 9.29. The van der Waals surface area contributed by atoms with Crippen LogP contribution in [0.2, 0.25) is 5.02 Å². The van der Waals surface area contributed by atoms with E-state index in [-0.39, 0.29) is 27.8 Å². The summed E-state index contributed by atoms with van der Waals surface area (Å²) >= 11 is 11.0. The van der Waals surface area contributed by atoms with E-state index in [1.54, 1.807) is 0 Å². The van der Waals surface area contributed by atoms with Gasteiger partial charge in [-0.15, -0.1) is 0 Å². The molecule has 0 amide bonds. The van der Waals surface area contributed by atoms with Crippen LogP contribution in [0.25, 0.3) is 0 Å². The summed E-state index contributed by atoms with van der Waals surface area (Å²) in [7, 11) is 0. The molecule has 0 saturated carbocycles. The number of anilines is 1. The molecule has 0 aliphatic carbocycles. The van der Waals surface area contributed by atoms with Crippen molar-refractivity contribution >= 4 is 34.6 Å². The molecule has 2 aromatic carbocycles. The molecule has 0 fully saturated rings. The van der Waals surface area contributed by atoms with Gasteiger partial charge in [0.05, 0.1) is 16.6 Å². The van der Waals surface area contributed by atoms with E-state index in [1.807, 2.05) is 19.9 Å². The Balaban J connectivity index is 2.20. The number of aryl methyl sites for hydroxylation is 2. The van der Waals surface area contributed by atoms with Crippen LogP contribution in [0.3, 0.4) is 0 Å². The van der Waals surface area contributed by atoms with E-state index in [4.69, 9.17) is 23.8 Å². The highest BCUT2D eigenvalue weighted by molar-refractivity contribution is 7.80. The van der Waals surface area contributed by atoms with Gasteiger partial charge in [-0.2, -0.15) is 13.2 Å². The first-order valence-electron chi connectivity index (χ1n) is 8.50. The van der Waals surface area contributed by atoms with E-state index in [0.717, 1.165) is 17.2 Å². The minimum atomic E-state index is -4.52. The zero-order valence-electron chi connectivity index (χ0n) is 15.5. The van der Waals surface area contributed by atoms with Crippen LogP contribution in [-0.2, 0) is 6.18 Å². The van der Waals surface area contributed by atoms with Crippen LogP contribution in [0, 0.1) is 19.8 Å². The summed E-state index contributed by atoms with van der Waals surface area (Å²) in [6.07, 6.45) is -4.52. The van der Waals surface area contributed by atoms with Crippen molar-refractivity contribution in [2.45, 2.75) is 39.9 Å². The van der Waals surface area contributed by atoms with Crippen LogP contribution >= 0.6 is 23.8 Å². The number of nitrogens with one attached hydrogen (secondary N) is 2. The van der Waals surface area contributed by atoms with Crippen LogP contribution < -0.4 is 10.6 Å². The molecule has 0 aromatic heterocycles. The Hall–Kier alpha value is -1.79.